The van der Waals surface area contributed by atoms with Crippen LogP contribution in [0.15, 0.2) is 53.6 Å². The first-order chi connectivity index (χ1) is 12.7. The van der Waals surface area contributed by atoms with E-state index in [0.717, 1.165) is 33.3 Å². The van der Waals surface area contributed by atoms with E-state index >= 15 is 0 Å². The van der Waals surface area contributed by atoms with Crippen molar-refractivity contribution in [1.29, 1.82) is 0 Å². The molecule has 1 aromatic heterocycles. The molecule has 0 bridgehead atoms. The fourth-order valence-corrected chi connectivity index (χ4v) is 4.13. The lowest BCUT2D eigenvalue weighted by Crippen LogP contribution is -2.15. The fraction of sp³-hybridized carbons (Fsp3) is 0.158. The van der Waals surface area contributed by atoms with Crippen molar-refractivity contribution in [3.8, 4) is 22.8 Å². The molecule has 0 fully saturated rings. The predicted octanol–water partition coefficient (Wildman–Crippen LogP) is 5.51. The molecule has 1 aliphatic rings. The van der Waals surface area contributed by atoms with Crippen LogP contribution >= 0.6 is 35.0 Å². The van der Waals surface area contributed by atoms with E-state index in [1.807, 2.05) is 48.5 Å². The van der Waals surface area contributed by atoms with Gasteiger partial charge in [0.05, 0.1) is 5.69 Å². The zero-order chi connectivity index (χ0) is 17.9. The number of benzene rings is 2. The van der Waals surface area contributed by atoms with Crippen molar-refractivity contribution in [3.63, 3.8) is 0 Å². The average Bonchev–Trinajstić information content (AvgIpc) is 2.68. The lowest BCUT2D eigenvalue weighted by Gasteiger charge is -2.18. The van der Waals surface area contributed by atoms with Crippen molar-refractivity contribution in [3.05, 3.63) is 64.1 Å². The maximum absolute atomic E-state index is 6.20. The van der Waals surface area contributed by atoms with Crippen molar-refractivity contribution < 1.29 is 9.47 Å². The Labute approximate surface area is 165 Å². The molecule has 0 N–H and O–H groups in total. The molecule has 0 saturated heterocycles. The zero-order valence-corrected chi connectivity index (χ0v) is 15.9. The summed E-state index contributed by atoms with van der Waals surface area (Å²) in [5.74, 6) is 2.13. The van der Waals surface area contributed by atoms with Gasteiger partial charge in [0.25, 0.3) is 0 Å². The highest BCUT2D eigenvalue weighted by Crippen LogP contribution is 2.34. The summed E-state index contributed by atoms with van der Waals surface area (Å²) in [5.41, 5.74) is 2.62. The quantitative estimate of drug-likeness (QED) is 0.536. The molecule has 4 nitrogen and oxygen atoms in total. The molecule has 2 aromatic carbocycles. The van der Waals surface area contributed by atoms with Crippen molar-refractivity contribution in [2.45, 2.75) is 10.8 Å². The van der Waals surface area contributed by atoms with Crippen LogP contribution in [0.1, 0.15) is 5.56 Å². The second-order valence-corrected chi connectivity index (χ2v) is 7.41. The maximum Gasteiger partial charge on any atom is 0.162 e. The smallest absolute Gasteiger partial charge is 0.162 e. The van der Waals surface area contributed by atoms with Crippen LogP contribution < -0.4 is 9.47 Å². The van der Waals surface area contributed by atoms with Crippen LogP contribution in [-0.2, 0) is 5.75 Å². The Hall–Kier alpha value is -1.95. The van der Waals surface area contributed by atoms with Gasteiger partial charge in [-0.2, -0.15) is 0 Å². The van der Waals surface area contributed by atoms with E-state index in [4.69, 9.17) is 32.7 Å². The average molecular weight is 405 g/mol. The number of hydrogen-bond acceptors (Lipinski definition) is 5. The Balaban J connectivity index is 1.48. The molecule has 0 unspecified atom stereocenters. The molecule has 0 radical (unpaired) electrons. The summed E-state index contributed by atoms with van der Waals surface area (Å²) in [6.07, 6.45) is 0. The van der Waals surface area contributed by atoms with Gasteiger partial charge < -0.3 is 9.47 Å². The lowest BCUT2D eigenvalue weighted by molar-refractivity contribution is 0.171. The third-order valence-electron chi connectivity index (χ3n) is 3.90. The highest BCUT2D eigenvalue weighted by molar-refractivity contribution is 7.98. The Morgan fingerprint density at radius 2 is 1.65 bits per heavy atom. The van der Waals surface area contributed by atoms with Crippen molar-refractivity contribution in [2.24, 2.45) is 0 Å². The molecule has 2 heterocycles. The molecule has 26 heavy (non-hydrogen) atoms. The van der Waals surface area contributed by atoms with E-state index in [1.54, 1.807) is 11.8 Å². The third-order valence-corrected chi connectivity index (χ3v) is 5.56. The summed E-state index contributed by atoms with van der Waals surface area (Å²) in [7, 11) is 0. The SMILES string of the molecule is Clc1cccc(Cl)c1CSc1ccc(-c2ccc3c(c2)OCCO3)nn1. The molecule has 3 aromatic rings. The summed E-state index contributed by atoms with van der Waals surface area (Å²) < 4.78 is 11.2. The summed E-state index contributed by atoms with van der Waals surface area (Å²) in [6.45, 7) is 1.13. The first-order valence-electron chi connectivity index (χ1n) is 8.00. The van der Waals surface area contributed by atoms with Crippen LogP contribution in [0, 0.1) is 0 Å². The van der Waals surface area contributed by atoms with Gasteiger partial charge in [-0.1, -0.05) is 41.0 Å². The number of fused-ring (bicyclic) bond motifs is 1. The second-order valence-electron chi connectivity index (χ2n) is 5.60. The topological polar surface area (TPSA) is 44.2 Å². The monoisotopic (exact) mass is 404 g/mol. The van der Waals surface area contributed by atoms with Gasteiger partial charge in [-0.15, -0.1) is 10.2 Å². The van der Waals surface area contributed by atoms with Gasteiger partial charge in [-0.25, -0.2) is 0 Å². The number of ether oxygens (including phenoxy) is 2. The number of halogens is 2. The standard InChI is InChI=1S/C19H14Cl2N2O2S/c20-14-2-1-3-15(21)13(14)11-26-19-7-5-16(22-23-19)12-4-6-17-18(10-12)25-9-8-24-17/h1-7,10H,8-9,11H2. The van der Waals surface area contributed by atoms with E-state index in [-0.39, 0.29) is 0 Å². The number of nitrogens with zero attached hydrogens (tertiary/aromatic N) is 2. The molecule has 0 amide bonds. The minimum absolute atomic E-state index is 0.558. The van der Waals surface area contributed by atoms with Crippen molar-refractivity contribution in [1.82, 2.24) is 10.2 Å². The number of aromatic nitrogens is 2. The van der Waals surface area contributed by atoms with Crippen molar-refractivity contribution >= 4 is 35.0 Å². The minimum atomic E-state index is 0.558. The van der Waals surface area contributed by atoms with Gasteiger partial charge in [0.2, 0.25) is 0 Å². The van der Waals surface area contributed by atoms with Gasteiger partial charge in [0.15, 0.2) is 11.5 Å². The van der Waals surface area contributed by atoms with E-state index < -0.39 is 0 Å². The van der Waals surface area contributed by atoms with Gasteiger partial charge in [0.1, 0.15) is 18.2 Å². The second kappa shape index (κ2) is 7.74. The highest BCUT2D eigenvalue weighted by Gasteiger charge is 2.13. The molecule has 0 aliphatic carbocycles. The molecule has 0 spiro atoms. The Bertz CT molecular complexity index is 915. The van der Waals surface area contributed by atoms with Crippen molar-refractivity contribution in [2.75, 3.05) is 13.2 Å². The van der Waals surface area contributed by atoms with Crippen LogP contribution in [0.2, 0.25) is 10.0 Å². The number of hydrogen-bond donors (Lipinski definition) is 0. The van der Waals surface area contributed by atoms with Gasteiger partial charge in [0, 0.05) is 21.4 Å². The van der Waals surface area contributed by atoms with Gasteiger partial charge in [-0.05, 0) is 48.0 Å². The number of rotatable bonds is 4. The van der Waals surface area contributed by atoms with Gasteiger partial charge >= 0.3 is 0 Å². The van der Waals surface area contributed by atoms with E-state index in [2.05, 4.69) is 10.2 Å². The molecule has 4 rings (SSSR count). The van der Waals surface area contributed by atoms with Gasteiger partial charge in [-0.3, -0.25) is 0 Å². The Morgan fingerprint density at radius 3 is 2.38 bits per heavy atom. The zero-order valence-electron chi connectivity index (χ0n) is 13.6. The largest absolute Gasteiger partial charge is 0.486 e. The highest BCUT2D eigenvalue weighted by atomic mass is 35.5. The maximum atomic E-state index is 6.20. The van der Waals surface area contributed by atoms with Crippen LogP contribution in [0.4, 0.5) is 0 Å². The number of thioether (sulfide) groups is 1. The third kappa shape index (κ3) is 3.75. The van der Waals surface area contributed by atoms with Crippen LogP contribution in [0.5, 0.6) is 11.5 Å². The molecule has 0 saturated carbocycles. The fourth-order valence-electron chi connectivity index (χ4n) is 2.57. The summed E-state index contributed by atoms with van der Waals surface area (Å²) >= 11 is 13.9. The van der Waals surface area contributed by atoms with E-state index in [9.17, 15) is 0 Å². The van der Waals surface area contributed by atoms with E-state index in [1.165, 1.54) is 0 Å². The van der Waals surface area contributed by atoms with Crippen LogP contribution in [0.25, 0.3) is 11.3 Å². The molecular weight excluding hydrogens is 391 g/mol. The molecule has 132 valence electrons. The predicted molar refractivity (Wildman–Crippen MR) is 104 cm³/mol. The summed E-state index contributed by atoms with van der Waals surface area (Å²) in [5, 5.41) is 10.7. The summed E-state index contributed by atoms with van der Waals surface area (Å²) in [4.78, 5) is 0. The first-order valence-corrected chi connectivity index (χ1v) is 9.74. The minimum Gasteiger partial charge on any atom is -0.486 e. The molecular formula is C19H14Cl2N2O2S. The lowest BCUT2D eigenvalue weighted by atomic mass is 10.1. The molecule has 1 aliphatic heterocycles. The van der Waals surface area contributed by atoms with E-state index in [0.29, 0.717) is 29.0 Å². The molecule has 0 atom stereocenters. The first kappa shape index (κ1) is 17.5. The normalized spacial score (nSPS) is 12.8. The Kier molecular flexibility index (Phi) is 5.20. The van der Waals surface area contributed by atoms with Crippen LogP contribution in [-0.4, -0.2) is 23.4 Å². The summed E-state index contributed by atoms with van der Waals surface area (Å²) in [6, 6.07) is 15.2. The Morgan fingerprint density at radius 1 is 0.885 bits per heavy atom. The molecule has 7 heteroatoms. The van der Waals surface area contributed by atoms with Crippen LogP contribution in [0.3, 0.4) is 0 Å².